The SMILES string of the molecule is COc1ccc(C2c3ccccc3-c3cc(-c4c(-c5nc6ccccc6s5)c5ccccc5n4-c4ccc(OC)cc4)ccc32)cc1. The minimum Gasteiger partial charge on any atom is -0.497 e. The van der Waals surface area contributed by atoms with Crippen LogP contribution in [-0.4, -0.2) is 23.8 Å². The molecule has 1 aliphatic carbocycles. The maximum Gasteiger partial charge on any atom is 0.127 e. The summed E-state index contributed by atoms with van der Waals surface area (Å²) in [5, 5.41) is 2.19. The van der Waals surface area contributed by atoms with Crippen molar-refractivity contribution in [2.24, 2.45) is 0 Å². The van der Waals surface area contributed by atoms with Gasteiger partial charge in [-0.15, -0.1) is 11.3 Å². The van der Waals surface area contributed by atoms with Crippen LogP contribution in [0.1, 0.15) is 22.6 Å². The van der Waals surface area contributed by atoms with E-state index in [1.54, 1.807) is 25.6 Å². The van der Waals surface area contributed by atoms with Gasteiger partial charge in [-0.1, -0.05) is 78.9 Å². The van der Waals surface area contributed by atoms with Crippen molar-refractivity contribution in [2.75, 3.05) is 14.2 Å². The largest absolute Gasteiger partial charge is 0.497 e. The van der Waals surface area contributed by atoms with Crippen LogP contribution in [0.3, 0.4) is 0 Å². The number of hydrogen-bond acceptors (Lipinski definition) is 4. The number of nitrogens with zero attached hydrogens (tertiary/aromatic N) is 2. The molecule has 2 aromatic heterocycles. The molecule has 0 saturated heterocycles. The molecule has 1 unspecified atom stereocenters. The number of fused-ring (bicyclic) bond motifs is 5. The number of ether oxygens (including phenoxy) is 2. The van der Waals surface area contributed by atoms with E-state index in [0.717, 1.165) is 50.0 Å². The summed E-state index contributed by atoms with van der Waals surface area (Å²) in [5.74, 6) is 1.85. The Morgan fingerprint density at radius 2 is 1.32 bits per heavy atom. The van der Waals surface area contributed by atoms with E-state index < -0.39 is 0 Å². The third-order valence-corrected chi connectivity index (χ3v) is 10.4. The molecule has 4 nitrogen and oxygen atoms in total. The molecule has 2 heterocycles. The van der Waals surface area contributed by atoms with Crippen molar-refractivity contribution in [1.82, 2.24) is 9.55 Å². The van der Waals surface area contributed by atoms with Gasteiger partial charge in [-0.2, -0.15) is 0 Å². The third-order valence-electron chi connectivity index (χ3n) is 9.36. The van der Waals surface area contributed by atoms with Crippen molar-refractivity contribution in [3.8, 4) is 50.1 Å². The van der Waals surface area contributed by atoms with Crippen LogP contribution in [0.4, 0.5) is 0 Å². The molecule has 0 fully saturated rings. The zero-order chi connectivity index (χ0) is 31.5. The molecule has 0 amide bonds. The number of benzene rings is 6. The average molecular weight is 627 g/mol. The van der Waals surface area contributed by atoms with E-state index in [-0.39, 0.29) is 5.92 Å². The summed E-state index contributed by atoms with van der Waals surface area (Å²) in [7, 11) is 3.42. The second-order valence-corrected chi connectivity index (χ2v) is 12.9. The molecular weight excluding hydrogens is 597 g/mol. The molecule has 6 aromatic carbocycles. The number of thiazole rings is 1. The zero-order valence-electron chi connectivity index (χ0n) is 26.0. The monoisotopic (exact) mass is 626 g/mol. The fourth-order valence-corrected chi connectivity index (χ4v) is 8.24. The summed E-state index contributed by atoms with van der Waals surface area (Å²) >= 11 is 1.75. The fourth-order valence-electron chi connectivity index (χ4n) is 7.21. The average Bonchev–Trinajstić information content (AvgIpc) is 3.81. The maximum atomic E-state index is 5.53. The van der Waals surface area contributed by atoms with E-state index in [9.17, 15) is 0 Å². The van der Waals surface area contributed by atoms with Crippen molar-refractivity contribution in [3.05, 3.63) is 156 Å². The Morgan fingerprint density at radius 3 is 2.11 bits per heavy atom. The summed E-state index contributed by atoms with van der Waals surface area (Å²) < 4.78 is 14.6. The van der Waals surface area contributed by atoms with E-state index in [1.165, 1.54) is 37.9 Å². The first-order valence-corrected chi connectivity index (χ1v) is 16.5. The Morgan fingerprint density at radius 1 is 0.638 bits per heavy atom. The molecular formula is C42H30N2O2S. The van der Waals surface area contributed by atoms with Crippen LogP contribution >= 0.6 is 11.3 Å². The van der Waals surface area contributed by atoms with Gasteiger partial charge in [0.05, 0.1) is 35.6 Å². The highest BCUT2D eigenvalue weighted by molar-refractivity contribution is 7.21. The fraction of sp³-hybridized carbons (Fsp3) is 0.0714. The van der Waals surface area contributed by atoms with Crippen LogP contribution in [0.5, 0.6) is 11.5 Å². The first kappa shape index (κ1) is 27.6. The molecule has 0 bridgehead atoms. The van der Waals surface area contributed by atoms with Gasteiger partial charge in [-0.25, -0.2) is 4.98 Å². The van der Waals surface area contributed by atoms with E-state index in [1.807, 2.05) is 12.1 Å². The molecule has 226 valence electrons. The molecule has 0 radical (unpaired) electrons. The highest BCUT2D eigenvalue weighted by Crippen LogP contribution is 2.51. The van der Waals surface area contributed by atoms with Crippen LogP contribution < -0.4 is 9.47 Å². The van der Waals surface area contributed by atoms with E-state index >= 15 is 0 Å². The van der Waals surface area contributed by atoms with Gasteiger partial charge < -0.3 is 14.0 Å². The Labute approximate surface area is 277 Å². The molecule has 9 rings (SSSR count). The quantitative estimate of drug-likeness (QED) is 0.184. The zero-order valence-corrected chi connectivity index (χ0v) is 26.8. The first-order chi connectivity index (χ1) is 23.2. The van der Waals surface area contributed by atoms with Crippen molar-refractivity contribution in [1.29, 1.82) is 0 Å². The number of hydrogen-bond donors (Lipinski definition) is 0. The Kier molecular flexibility index (Phi) is 6.47. The topological polar surface area (TPSA) is 36.3 Å². The standard InChI is InChI=1S/C42H30N2O2S/c1-45-29-20-15-26(16-21-29)39-32-10-4-3-9-31(32)35-25-27(17-24-33(35)39)41-40(42-43-36-12-6-8-14-38(36)47-42)34-11-5-7-13-37(34)44(41)28-18-22-30(46-2)23-19-28/h3-25,39H,1-2H3. The molecule has 1 aliphatic rings. The van der Waals surface area contributed by atoms with Crippen LogP contribution in [0.2, 0.25) is 0 Å². The van der Waals surface area contributed by atoms with Gasteiger partial charge in [0.25, 0.3) is 0 Å². The van der Waals surface area contributed by atoms with Crippen LogP contribution in [0.25, 0.3) is 59.8 Å². The lowest BCUT2D eigenvalue weighted by atomic mass is 9.89. The summed E-state index contributed by atoms with van der Waals surface area (Å²) in [6.07, 6.45) is 0. The van der Waals surface area contributed by atoms with Crippen molar-refractivity contribution >= 4 is 32.5 Å². The Balaban J connectivity index is 1.32. The minimum atomic E-state index is 0.150. The molecule has 5 heteroatoms. The molecule has 47 heavy (non-hydrogen) atoms. The van der Waals surface area contributed by atoms with Crippen molar-refractivity contribution < 1.29 is 9.47 Å². The van der Waals surface area contributed by atoms with Gasteiger partial charge >= 0.3 is 0 Å². The lowest BCUT2D eigenvalue weighted by molar-refractivity contribution is 0.414. The number of para-hydroxylation sites is 2. The molecule has 0 N–H and O–H groups in total. The predicted octanol–water partition coefficient (Wildman–Crippen LogP) is 10.8. The summed E-state index contributed by atoms with van der Waals surface area (Å²) in [6.45, 7) is 0. The van der Waals surface area contributed by atoms with Gasteiger partial charge in [0, 0.05) is 22.6 Å². The summed E-state index contributed by atoms with van der Waals surface area (Å²) in [4.78, 5) is 5.20. The predicted molar refractivity (Wildman–Crippen MR) is 193 cm³/mol. The minimum absolute atomic E-state index is 0.150. The maximum absolute atomic E-state index is 5.53. The van der Waals surface area contributed by atoms with E-state index in [2.05, 4.69) is 132 Å². The highest BCUT2D eigenvalue weighted by atomic mass is 32.1. The highest BCUT2D eigenvalue weighted by Gasteiger charge is 2.31. The van der Waals surface area contributed by atoms with Gasteiger partial charge in [0.1, 0.15) is 16.5 Å². The van der Waals surface area contributed by atoms with Crippen LogP contribution in [0.15, 0.2) is 140 Å². The van der Waals surface area contributed by atoms with E-state index in [0.29, 0.717) is 0 Å². The summed E-state index contributed by atoms with van der Waals surface area (Å²) in [6, 6.07) is 49.8. The second-order valence-electron chi connectivity index (χ2n) is 11.9. The van der Waals surface area contributed by atoms with Crippen molar-refractivity contribution in [3.63, 3.8) is 0 Å². The van der Waals surface area contributed by atoms with Gasteiger partial charge in [0.2, 0.25) is 0 Å². The van der Waals surface area contributed by atoms with Crippen LogP contribution in [-0.2, 0) is 0 Å². The normalized spacial score (nSPS) is 13.5. The molecule has 0 aliphatic heterocycles. The summed E-state index contributed by atoms with van der Waals surface area (Å²) in [5.41, 5.74) is 13.1. The lowest BCUT2D eigenvalue weighted by Crippen LogP contribution is -2.00. The van der Waals surface area contributed by atoms with Crippen molar-refractivity contribution in [2.45, 2.75) is 5.92 Å². The first-order valence-electron chi connectivity index (χ1n) is 15.7. The van der Waals surface area contributed by atoms with E-state index in [4.69, 9.17) is 14.5 Å². The third kappa shape index (κ3) is 4.38. The number of aromatic nitrogens is 2. The molecule has 8 aromatic rings. The second kappa shape index (κ2) is 11.0. The van der Waals surface area contributed by atoms with Gasteiger partial charge in [-0.05, 0) is 94.0 Å². The van der Waals surface area contributed by atoms with Crippen LogP contribution in [0, 0.1) is 0 Å². The van der Waals surface area contributed by atoms with Gasteiger partial charge in [-0.3, -0.25) is 0 Å². The Bertz CT molecular complexity index is 2400. The van der Waals surface area contributed by atoms with Gasteiger partial charge in [0.15, 0.2) is 0 Å². The number of methoxy groups -OCH3 is 2. The Hall–Kier alpha value is -5.65. The molecule has 0 spiro atoms. The number of rotatable bonds is 6. The molecule has 0 saturated carbocycles. The smallest absolute Gasteiger partial charge is 0.127 e. The lowest BCUT2D eigenvalue weighted by Gasteiger charge is -2.16. The molecule has 1 atom stereocenters.